The molecule has 0 aliphatic carbocycles. The summed E-state index contributed by atoms with van der Waals surface area (Å²) in [7, 11) is 0. The highest BCUT2D eigenvalue weighted by molar-refractivity contribution is 5.71. The summed E-state index contributed by atoms with van der Waals surface area (Å²) < 4.78 is 16.8. The number of esters is 3. The van der Waals surface area contributed by atoms with Crippen molar-refractivity contribution < 1.29 is 28.6 Å². The minimum atomic E-state index is -0.779. The second-order valence-electron chi connectivity index (χ2n) is 17.8. The third-order valence-electron chi connectivity index (χ3n) is 11.6. The van der Waals surface area contributed by atoms with E-state index in [0.29, 0.717) is 19.3 Å². The third-order valence-corrected chi connectivity index (χ3v) is 11.6. The molecular formula is C55H100O6. The Labute approximate surface area is 378 Å². The Morgan fingerprint density at radius 1 is 0.311 bits per heavy atom. The van der Waals surface area contributed by atoms with Crippen LogP contribution in [0.4, 0.5) is 0 Å². The van der Waals surface area contributed by atoms with E-state index in [-0.39, 0.29) is 31.1 Å². The van der Waals surface area contributed by atoms with Crippen LogP contribution in [-0.4, -0.2) is 37.2 Å². The summed E-state index contributed by atoms with van der Waals surface area (Å²) in [6, 6.07) is 0. The van der Waals surface area contributed by atoms with Crippen molar-refractivity contribution in [1.29, 1.82) is 0 Å². The van der Waals surface area contributed by atoms with Crippen molar-refractivity contribution in [1.82, 2.24) is 0 Å². The van der Waals surface area contributed by atoms with Crippen LogP contribution >= 0.6 is 0 Å². The first-order chi connectivity index (χ1) is 30.0. The number of carbonyl (C=O) groups excluding carboxylic acids is 3. The molecule has 0 aromatic rings. The Balaban J connectivity index is 4.38. The molecular weight excluding hydrogens is 757 g/mol. The molecule has 61 heavy (non-hydrogen) atoms. The van der Waals surface area contributed by atoms with Crippen LogP contribution in [0.3, 0.4) is 0 Å². The van der Waals surface area contributed by atoms with Gasteiger partial charge in [-0.1, -0.05) is 198 Å². The van der Waals surface area contributed by atoms with E-state index in [9.17, 15) is 14.4 Å². The molecule has 0 aromatic heterocycles. The van der Waals surface area contributed by atoms with Crippen LogP contribution in [0.25, 0.3) is 0 Å². The van der Waals surface area contributed by atoms with Gasteiger partial charge in [0.2, 0.25) is 0 Å². The van der Waals surface area contributed by atoms with E-state index < -0.39 is 6.10 Å². The number of allylic oxidation sites excluding steroid dienone is 6. The minimum Gasteiger partial charge on any atom is -0.462 e. The van der Waals surface area contributed by atoms with Gasteiger partial charge in [-0.15, -0.1) is 0 Å². The molecule has 0 aromatic carbocycles. The first-order valence-corrected chi connectivity index (χ1v) is 26.5. The second-order valence-corrected chi connectivity index (χ2v) is 17.8. The molecule has 0 aliphatic heterocycles. The standard InChI is InChI=1S/C55H100O6/c1-4-7-10-13-16-19-22-25-27-30-32-35-38-41-44-47-53(56)59-50-52(61-55(58)49-46-43-40-37-34-29-24-21-18-15-12-9-6-3)51-60-54(57)48-45-42-39-36-33-31-28-26-23-20-17-14-11-8-5-2/h19,21-22,24,26,28,52H,4-18,20,23,25,27,29-51H2,1-3H3/b22-19-,24-21-,28-26-/t52-/m1/s1. The first kappa shape index (κ1) is 58.6. The Morgan fingerprint density at radius 2 is 0.541 bits per heavy atom. The molecule has 0 saturated heterocycles. The Morgan fingerprint density at radius 3 is 0.836 bits per heavy atom. The van der Waals surface area contributed by atoms with Gasteiger partial charge in [-0.25, -0.2) is 0 Å². The van der Waals surface area contributed by atoms with Crippen LogP contribution in [-0.2, 0) is 28.6 Å². The third kappa shape index (κ3) is 48.5. The van der Waals surface area contributed by atoms with Crippen molar-refractivity contribution >= 4 is 17.9 Å². The molecule has 0 radical (unpaired) electrons. The van der Waals surface area contributed by atoms with Gasteiger partial charge in [0, 0.05) is 19.3 Å². The van der Waals surface area contributed by atoms with Crippen LogP contribution in [0.15, 0.2) is 36.5 Å². The maximum absolute atomic E-state index is 12.8. The lowest BCUT2D eigenvalue weighted by Crippen LogP contribution is -2.30. The van der Waals surface area contributed by atoms with E-state index >= 15 is 0 Å². The number of hydrogen-bond acceptors (Lipinski definition) is 6. The topological polar surface area (TPSA) is 78.9 Å². The molecule has 0 spiro atoms. The van der Waals surface area contributed by atoms with Crippen LogP contribution < -0.4 is 0 Å². The minimum absolute atomic E-state index is 0.0788. The summed E-state index contributed by atoms with van der Waals surface area (Å²) in [4.78, 5) is 38.0. The zero-order valence-electron chi connectivity index (χ0n) is 40.7. The van der Waals surface area contributed by atoms with Crippen molar-refractivity contribution in [3.05, 3.63) is 36.5 Å². The smallest absolute Gasteiger partial charge is 0.306 e. The van der Waals surface area contributed by atoms with Crippen molar-refractivity contribution in [3.8, 4) is 0 Å². The number of ether oxygens (including phenoxy) is 3. The van der Waals surface area contributed by atoms with Gasteiger partial charge in [-0.2, -0.15) is 0 Å². The van der Waals surface area contributed by atoms with E-state index in [2.05, 4.69) is 57.2 Å². The van der Waals surface area contributed by atoms with E-state index in [1.54, 1.807) is 0 Å². The van der Waals surface area contributed by atoms with Gasteiger partial charge in [0.25, 0.3) is 0 Å². The highest BCUT2D eigenvalue weighted by Gasteiger charge is 2.19. The molecule has 0 fully saturated rings. The molecule has 0 heterocycles. The molecule has 0 bridgehead atoms. The van der Waals surface area contributed by atoms with Crippen molar-refractivity contribution in [3.63, 3.8) is 0 Å². The number of rotatable bonds is 48. The average molecular weight is 857 g/mol. The van der Waals surface area contributed by atoms with E-state index in [1.165, 1.54) is 161 Å². The Bertz CT molecular complexity index is 1030. The quantitative estimate of drug-likeness (QED) is 0.0262. The number of unbranched alkanes of at least 4 members (excludes halogenated alkanes) is 31. The molecule has 6 nitrogen and oxygen atoms in total. The van der Waals surface area contributed by atoms with Crippen LogP contribution in [0, 0.1) is 0 Å². The number of hydrogen-bond donors (Lipinski definition) is 0. The molecule has 0 amide bonds. The van der Waals surface area contributed by atoms with E-state index in [1.807, 2.05) is 0 Å². The summed E-state index contributed by atoms with van der Waals surface area (Å²) in [5.74, 6) is -0.891. The zero-order chi connectivity index (χ0) is 44.4. The SMILES string of the molecule is CCCCCC/C=C\CCCCCCCCCC(=O)OC[C@H](COC(=O)CCCCCCC/C=C\CCCCCCCC)OC(=O)CCCCCCC/C=C\CCCCCC. The predicted octanol–water partition coefficient (Wildman–Crippen LogP) is 17.3. The van der Waals surface area contributed by atoms with Crippen molar-refractivity contribution in [2.75, 3.05) is 13.2 Å². The van der Waals surface area contributed by atoms with Gasteiger partial charge >= 0.3 is 17.9 Å². The Hall–Kier alpha value is -2.37. The second kappa shape index (κ2) is 50.3. The molecule has 356 valence electrons. The van der Waals surface area contributed by atoms with Gasteiger partial charge in [-0.3, -0.25) is 14.4 Å². The lowest BCUT2D eigenvalue weighted by Gasteiger charge is -2.18. The highest BCUT2D eigenvalue weighted by Crippen LogP contribution is 2.15. The zero-order valence-corrected chi connectivity index (χ0v) is 40.7. The molecule has 0 unspecified atom stereocenters. The predicted molar refractivity (Wildman–Crippen MR) is 261 cm³/mol. The van der Waals surface area contributed by atoms with Crippen LogP contribution in [0.2, 0.25) is 0 Å². The monoisotopic (exact) mass is 857 g/mol. The summed E-state index contributed by atoms with van der Waals surface area (Å²) in [6.07, 6.45) is 58.3. The average Bonchev–Trinajstić information content (AvgIpc) is 3.26. The van der Waals surface area contributed by atoms with E-state index in [0.717, 1.165) is 77.0 Å². The molecule has 0 rings (SSSR count). The highest BCUT2D eigenvalue weighted by atomic mass is 16.6. The maximum Gasteiger partial charge on any atom is 0.306 e. The molecule has 0 saturated carbocycles. The molecule has 6 heteroatoms. The van der Waals surface area contributed by atoms with Gasteiger partial charge in [0.1, 0.15) is 13.2 Å². The van der Waals surface area contributed by atoms with Crippen LogP contribution in [0.5, 0.6) is 0 Å². The van der Waals surface area contributed by atoms with Crippen molar-refractivity contribution in [2.24, 2.45) is 0 Å². The molecule has 0 aliphatic rings. The van der Waals surface area contributed by atoms with Gasteiger partial charge in [0.05, 0.1) is 0 Å². The summed E-state index contributed by atoms with van der Waals surface area (Å²) >= 11 is 0. The Kier molecular flexibility index (Phi) is 48.3. The van der Waals surface area contributed by atoms with E-state index in [4.69, 9.17) is 14.2 Å². The van der Waals surface area contributed by atoms with Gasteiger partial charge < -0.3 is 14.2 Å². The summed E-state index contributed by atoms with van der Waals surface area (Å²) in [6.45, 7) is 6.61. The lowest BCUT2D eigenvalue weighted by atomic mass is 10.1. The molecule has 0 N–H and O–H groups in total. The van der Waals surface area contributed by atoms with Gasteiger partial charge in [0.15, 0.2) is 6.10 Å². The maximum atomic E-state index is 12.8. The van der Waals surface area contributed by atoms with Crippen molar-refractivity contribution in [2.45, 2.75) is 284 Å². The largest absolute Gasteiger partial charge is 0.462 e. The first-order valence-electron chi connectivity index (χ1n) is 26.5. The normalized spacial score (nSPS) is 12.2. The number of carbonyl (C=O) groups is 3. The van der Waals surface area contributed by atoms with Gasteiger partial charge in [-0.05, 0) is 96.3 Å². The summed E-state index contributed by atoms with van der Waals surface area (Å²) in [5, 5.41) is 0. The fourth-order valence-electron chi connectivity index (χ4n) is 7.54. The lowest BCUT2D eigenvalue weighted by molar-refractivity contribution is -0.167. The molecule has 1 atom stereocenters. The fraction of sp³-hybridized carbons (Fsp3) is 0.836. The van der Waals surface area contributed by atoms with Crippen LogP contribution in [0.1, 0.15) is 278 Å². The fourth-order valence-corrected chi connectivity index (χ4v) is 7.54. The summed E-state index contributed by atoms with van der Waals surface area (Å²) in [5.41, 5.74) is 0.